The molecule has 6 rings (SSSR count). The third-order valence-electron chi connectivity index (χ3n) is 5.54. The lowest BCUT2D eigenvalue weighted by Crippen LogP contribution is -2.03. The fourth-order valence-corrected chi connectivity index (χ4v) is 3.90. The Labute approximate surface area is 190 Å². The molecule has 158 valence electrons. The molecule has 0 saturated heterocycles. The van der Waals surface area contributed by atoms with Crippen molar-refractivity contribution >= 4 is 11.0 Å². The maximum Gasteiger partial charge on any atom is 0.248 e. The Kier molecular flexibility index (Phi) is 4.73. The van der Waals surface area contributed by atoms with E-state index >= 15 is 0 Å². The minimum Gasteiger partial charge on any atom is -0.416 e. The van der Waals surface area contributed by atoms with E-state index in [-0.39, 0.29) is 0 Å². The van der Waals surface area contributed by atoms with Gasteiger partial charge < -0.3 is 8.98 Å². The SMILES string of the molecule is c1ccc(-c2nnc(-c3ccc(Cn4c(-c5ccccn5)nc5ccccc54)cc3)o2)cc1. The van der Waals surface area contributed by atoms with Crippen molar-refractivity contribution in [2.75, 3.05) is 0 Å². The quantitative estimate of drug-likeness (QED) is 0.343. The monoisotopic (exact) mass is 429 g/mol. The van der Waals surface area contributed by atoms with E-state index in [2.05, 4.69) is 37.9 Å². The van der Waals surface area contributed by atoms with Gasteiger partial charge in [0.15, 0.2) is 5.82 Å². The molecule has 0 fully saturated rings. The summed E-state index contributed by atoms with van der Waals surface area (Å²) >= 11 is 0. The van der Waals surface area contributed by atoms with Crippen LogP contribution in [0.1, 0.15) is 5.56 Å². The fourth-order valence-electron chi connectivity index (χ4n) is 3.90. The number of aromatic nitrogens is 5. The highest BCUT2D eigenvalue weighted by Gasteiger charge is 2.14. The van der Waals surface area contributed by atoms with Crippen molar-refractivity contribution in [3.63, 3.8) is 0 Å². The molecule has 6 heteroatoms. The number of rotatable bonds is 5. The second kappa shape index (κ2) is 8.16. The third-order valence-corrected chi connectivity index (χ3v) is 5.54. The molecule has 0 bridgehead atoms. The fraction of sp³-hybridized carbons (Fsp3) is 0.0370. The van der Waals surface area contributed by atoms with Crippen LogP contribution in [0.15, 0.2) is 108 Å². The maximum absolute atomic E-state index is 5.89. The summed E-state index contributed by atoms with van der Waals surface area (Å²) < 4.78 is 8.09. The predicted octanol–water partition coefficient (Wildman–Crippen LogP) is 5.86. The van der Waals surface area contributed by atoms with E-state index in [1.807, 2.05) is 78.9 Å². The molecule has 3 aromatic carbocycles. The second-order valence-electron chi connectivity index (χ2n) is 7.70. The van der Waals surface area contributed by atoms with Gasteiger partial charge in [0.1, 0.15) is 5.69 Å². The molecular weight excluding hydrogens is 410 g/mol. The summed E-state index contributed by atoms with van der Waals surface area (Å²) in [5, 5.41) is 8.41. The van der Waals surface area contributed by atoms with Crippen molar-refractivity contribution < 1.29 is 4.42 Å². The van der Waals surface area contributed by atoms with Crippen LogP contribution in [-0.2, 0) is 6.54 Å². The van der Waals surface area contributed by atoms with Gasteiger partial charge in [-0.2, -0.15) is 0 Å². The molecule has 3 heterocycles. The zero-order chi connectivity index (χ0) is 22.0. The van der Waals surface area contributed by atoms with E-state index < -0.39 is 0 Å². The molecule has 0 N–H and O–H groups in total. The molecule has 0 aliphatic rings. The van der Waals surface area contributed by atoms with Gasteiger partial charge in [0.05, 0.1) is 11.0 Å². The lowest BCUT2D eigenvalue weighted by atomic mass is 10.1. The molecule has 0 atom stereocenters. The van der Waals surface area contributed by atoms with Crippen LogP contribution in [0.2, 0.25) is 0 Å². The normalized spacial score (nSPS) is 11.2. The van der Waals surface area contributed by atoms with Gasteiger partial charge in [0.2, 0.25) is 11.8 Å². The van der Waals surface area contributed by atoms with Crippen LogP contribution in [0.4, 0.5) is 0 Å². The van der Waals surface area contributed by atoms with Gasteiger partial charge in [0, 0.05) is 23.9 Å². The van der Waals surface area contributed by atoms with Crippen LogP contribution < -0.4 is 0 Å². The summed E-state index contributed by atoms with van der Waals surface area (Å²) in [5.74, 6) is 1.87. The van der Waals surface area contributed by atoms with Crippen molar-refractivity contribution in [2.45, 2.75) is 6.54 Å². The third kappa shape index (κ3) is 3.68. The molecule has 0 amide bonds. The second-order valence-corrected chi connectivity index (χ2v) is 7.70. The Morgan fingerprint density at radius 3 is 2.12 bits per heavy atom. The summed E-state index contributed by atoms with van der Waals surface area (Å²) in [6.07, 6.45) is 1.79. The first-order valence-corrected chi connectivity index (χ1v) is 10.7. The topological polar surface area (TPSA) is 69.6 Å². The summed E-state index contributed by atoms with van der Waals surface area (Å²) in [6, 6.07) is 32.0. The molecule has 0 spiro atoms. The largest absolute Gasteiger partial charge is 0.416 e. The minimum atomic E-state index is 0.502. The number of para-hydroxylation sites is 2. The highest BCUT2D eigenvalue weighted by Crippen LogP contribution is 2.27. The van der Waals surface area contributed by atoms with Gasteiger partial charge in [-0.05, 0) is 54.1 Å². The first kappa shape index (κ1) is 19.1. The standard InChI is InChI=1S/C27H19N5O/c1-2-8-20(9-3-1)26-30-31-27(33-26)21-15-13-19(14-16-21)18-32-24-12-5-4-10-22(24)29-25(32)23-11-6-7-17-28-23/h1-17H,18H2. The molecule has 6 aromatic rings. The Morgan fingerprint density at radius 1 is 0.667 bits per heavy atom. The van der Waals surface area contributed by atoms with Crippen molar-refractivity contribution in [1.29, 1.82) is 0 Å². The van der Waals surface area contributed by atoms with Crippen LogP contribution in [0.25, 0.3) is 45.5 Å². The molecular formula is C27H19N5O. The van der Waals surface area contributed by atoms with E-state index in [4.69, 9.17) is 9.40 Å². The molecule has 0 radical (unpaired) electrons. The summed E-state index contributed by atoms with van der Waals surface area (Å²) in [4.78, 5) is 9.36. The number of pyridine rings is 1. The zero-order valence-electron chi connectivity index (χ0n) is 17.7. The molecule has 0 aliphatic carbocycles. The van der Waals surface area contributed by atoms with Gasteiger partial charge in [-0.25, -0.2) is 4.98 Å². The number of benzene rings is 3. The predicted molar refractivity (Wildman–Crippen MR) is 127 cm³/mol. The molecule has 0 aliphatic heterocycles. The highest BCUT2D eigenvalue weighted by molar-refractivity contribution is 5.80. The smallest absolute Gasteiger partial charge is 0.248 e. The van der Waals surface area contributed by atoms with Gasteiger partial charge in [0.25, 0.3) is 0 Å². The van der Waals surface area contributed by atoms with Crippen LogP contribution in [-0.4, -0.2) is 24.7 Å². The average Bonchev–Trinajstić information content (AvgIpc) is 3.52. The Morgan fingerprint density at radius 2 is 1.36 bits per heavy atom. The van der Waals surface area contributed by atoms with E-state index in [1.165, 1.54) is 0 Å². The lowest BCUT2D eigenvalue weighted by molar-refractivity contribution is 0.584. The number of imidazole rings is 1. The summed E-state index contributed by atoms with van der Waals surface area (Å²) in [7, 11) is 0. The van der Waals surface area contributed by atoms with Gasteiger partial charge in [-0.15, -0.1) is 10.2 Å². The zero-order valence-corrected chi connectivity index (χ0v) is 17.7. The van der Waals surface area contributed by atoms with Gasteiger partial charge in [-0.1, -0.05) is 48.5 Å². The number of hydrogen-bond acceptors (Lipinski definition) is 5. The Bertz CT molecular complexity index is 1520. The van der Waals surface area contributed by atoms with Crippen LogP contribution in [0.5, 0.6) is 0 Å². The van der Waals surface area contributed by atoms with Gasteiger partial charge >= 0.3 is 0 Å². The molecule has 33 heavy (non-hydrogen) atoms. The first-order chi connectivity index (χ1) is 16.3. The van der Waals surface area contributed by atoms with E-state index in [0.29, 0.717) is 18.3 Å². The molecule has 6 nitrogen and oxygen atoms in total. The van der Waals surface area contributed by atoms with Crippen molar-refractivity contribution in [3.05, 3.63) is 109 Å². The molecule has 0 unspecified atom stereocenters. The van der Waals surface area contributed by atoms with Crippen molar-refractivity contribution in [1.82, 2.24) is 24.7 Å². The average molecular weight is 429 g/mol. The minimum absolute atomic E-state index is 0.502. The Balaban J connectivity index is 1.32. The number of hydrogen-bond donors (Lipinski definition) is 0. The lowest BCUT2D eigenvalue weighted by Gasteiger charge is -2.09. The van der Waals surface area contributed by atoms with Crippen molar-refractivity contribution in [3.8, 4) is 34.4 Å². The Hall–Kier alpha value is -4.58. The van der Waals surface area contributed by atoms with E-state index in [9.17, 15) is 0 Å². The van der Waals surface area contributed by atoms with E-state index in [0.717, 1.165) is 39.2 Å². The molecule has 3 aromatic heterocycles. The number of nitrogens with zero attached hydrogens (tertiary/aromatic N) is 5. The number of fused-ring (bicyclic) bond motifs is 1. The van der Waals surface area contributed by atoms with Gasteiger partial charge in [-0.3, -0.25) is 4.98 Å². The van der Waals surface area contributed by atoms with E-state index in [1.54, 1.807) is 6.20 Å². The van der Waals surface area contributed by atoms with Crippen LogP contribution in [0.3, 0.4) is 0 Å². The first-order valence-electron chi connectivity index (χ1n) is 10.7. The maximum atomic E-state index is 5.89. The highest BCUT2D eigenvalue weighted by atomic mass is 16.4. The van der Waals surface area contributed by atoms with Crippen molar-refractivity contribution in [2.24, 2.45) is 0 Å². The summed E-state index contributed by atoms with van der Waals surface area (Å²) in [6.45, 7) is 0.672. The van der Waals surface area contributed by atoms with Crippen LogP contribution in [0, 0.1) is 0 Å². The molecule has 0 saturated carbocycles. The summed E-state index contributed by atoms with van der Waals surface area (Å²) in [5.41, 5.74) is 5.81. The van der Waals surface area contributed by atoms with Crippen LogP contribution >= 0.6 is 0 Å².